The Bertz CT molecular complexity index is 826. The highest BCUT2D eigenvalue weighted by molar-refractivity contribution is 6.23. The van der Waals surface area contributed by atoms with Crippen LogP contribution in [0.4, 0.5) is 22.1 Å². The summed E-state index contributed by atoms with van der Waals surface area (Å²) in [6.07, 6.45) is 3.23. The Morgan fingerprint density at radius 2 is 1.65 bits per heavy atom. The van der Waals surface area contributed by atoms with Gasteiger partial charge in [-0.2, -0.15) is 0 Å². The second kappa shape index (κ2) is 6.58. The molecule has 2 N–H and O–H groups in total. The van der Waals surface area contributed by atoms with Gasteiger partial charge in [-0.05, 0) is 35.3 Å². The normalized spacial score (nSPS) is 22.2. The molecule has 0 radical (unpaired) electrons. The fraction of sp³-hybridized carbons (Fsp3) is 0.353. The van der Waals surface area contributed by atoms with Gasteiger partial charge in [0.15, 0.2) is 0 Å². The monoisotopic (exact) mass is 355 g/mol. The summed E-state index contributed by atoms with van der Waals surface area (Å²) in [6, 6.07) is 8.25. The minimum absolute atomic E-state index is 0.0706. The van der Waals surface area contributed by atoms with E-state index in [-0.39, 0.29) is 35.3 Å². The van der Waals surface area contributed by atoms with Gasteiger partial charge in [-0.15, -0.1) is 0 Å². The van der Waals surface area contributed by atoms with Gasteiger partial charge in [-0.1, -0.05) is 31.0 Å². The molecule has 1 aliphatic heterocycles. The molecule has 4 amide bonds. The largest absolute Gasteiger partial charge is 0.325 e. The molecular weight excluding hydrogens is 338 g/mol. The van der Waals surface area contributed by atoms with Gasteiger partial charge in [0.1, 0.15) is 0 Å². The first-order valence-corrected chi connectivity index (χ1v) is 8.48. The molecule has 9 heteroatoms. The van der Waals surface area contributed by atoms with E-state index in [1.807, 2.05) is 6.07 Å². The highest BCUT2D eigenvalue weighted by Gasteiger charge is 2.50. The lowest BCUT2D eigenvalue weighted by Gasteiger charge is -2.19. The quantitative estimate of drug-likeness (QED) is 0.816. The first-order chi connectivity index (χ1) is 12.6. The molecule has 9 nitrogen and oxygen atoms in total. The van der Waals surface area contributed by atoms with E-state index < -0.39 is 6.03 Å². The van der Waals surface area contributed by atoms with E-state index in [1.54, 1.807) is 24.3 Å². The predicted octanol–water partition coefficient (Wildman–Crippen LogP) is 2.39. The Hall–Kier alpha value is -3.23. The van der Waals surface area contributed by atoms with E-state index in [0.29, 0.717) is 18.5 Å². The van der Waals surface area contributed by atoms with Crippen LogP contribution in [0, 0.1) is 11.8 Å². The SMILES string of the molecule is O=C(Nc1ccccc1)Nc1nonc1N1C(=O)[C@H]2CCCC[C@@H]2C1=O. The van der Waals surface area contributed by atoms with E-state index in [9.17, 15) is 14.4 Å². The number of amides is 4. The standard InChI is InChI=1S/C17H17N5O4/c23-15-11-8-4-5-9-12(11)16(24)22(15)14-13(20-26-21-14)19-17(25)18-10-6-2-1-3-7-10/h1-3,6-7,11-12H,4-5,8-9H2,(H2,18,19,20,25)/t11-,12-/m0/s1. The van der Waals surface area contributed by atoms with Crippen molar-refractivity contribution in [1.82, 2.24) is 10.3 Å². The number of aromatic nitrogens is 2. The minimum atomic E-state index is -0.579. The van der Waals surface area contributed by atoms with E-state index in [0.717, 1.165) is 17.7 Å². The molecule has 26 heavy (non-hydrogen) atoms. The summed E-state index contributed by atoms with van der Waals surface area (Å²) in [4.78, 5) is 38.4. The van der Waals surface area contributed by atoms with Crippen molar-refractivity contribution in [3.05, 3.63) is 30.3 Å². The van der Waals surface area contributed by atoms with Crippen molar-refractivity contribution in [2.24, 2.45) is 11.8 Å². The molecule has 1 saturated carbocycles. The van der Waals surface area contributed by atoms with Gasteiger partial charge in [0.2, 0.25) is 23.5 Å². The Balaban J connectivity index is 1.52. The maximum Gasteiger partial charge on any atom is 0.325 e. The van der Waals surface area contributed by atoms with Crippen molar-refractivity contribution in [2.75, 3.05) is 15.5 Å². The third-order valence-electron chi connectivity index (χ3n) is 4.79. The number of para-hydroxylation sites is 1. The minimum Gasteiger partial charge on any atom is -0.308 e. The first kappa shape index (κ1) is 16.2. The van der Waals surface area contributed by atoms with Crippen LogP contribution in [-0.4, -0.2) is 28.2 Å². The van der Waals surface area contributed by atoms with Crippen LogP contribution >= 0.6 is 0 Å². The number of hydrogen-bond donors (Lipinski definition) is 2. The highest BCUT2D eigenvalue weighted by Crippen LogP contribution is 2.40. The van der Waals surface area contributed by atoms with Crippen molar-refractivity contribution < 1.29 is 19.0 Å². The van der Waals surface area contributed by atoms with Crippen LogP contribution in [0.1, 0.15) is 25.7 Å². The lowest BCUT2D eigenvalue weighted by Crippen LogP contribution is -2.32. The lowest BCUT2D eigenvalue weighted by atomic mass is 9.81. The maximum absolute atomic E-state index is 12.6. The molecule has 1 aromatic carbocycles. The number of urea groups is 1. The number of benzene rings is 1. The Labute approximate surface area is 148 Å². The van der Waals surface area contributed by atoms with Gasteiger partial charge in [0, 0.05) is 5.69 Å². The maximum atomic E-state index is 12.6. The molecule has 2 heterocycles. The molecule has 4 rings (SSSR count). The number of anilines is 3. The van der Waals surface area contributed by atoms with E-state index in [4.69, 9.17) is 0 Å². The smallest absolute Gasteiger partial charge is 0.308 e. The van der Waals surface area contributed by atoms with Crippen LogP contribution in [0.15, 0.2) is 35.0 Å². The summed E-state index contributed by atoms with van der Waals surface area (Å²) in [5.74, 6) is -1.39. The summed E-state index contributed by atoms with van der Waals surface area (Å²) in [6.45, 7) is 0. The van der Waals surface area contributed by atoms with E-state index in [2.05, 4.69) is 25.6 Å². The molecule has 1 aromatic heterocycles. The number of carbonyl (C=O) groups is 3. The Kier molecular flexibility index (Phi) is 4.11. The van der Waals surface area contributed by atoms with Gasteiger partial charge in [-0.3, -0.25) is 14.9 Å². The molecule has 1 aliphatic carbocycles. The summed E-state index contributed by atoms with van der Waals surface area (Å²) < 4.78 is 4.67. The summed E-state index contributed by atoms with van der Waals surface area (Å²) in [5.41, 5.74) is 0.586. The van der Waals surface area contributed by atoms with Crippen LogP contribution in [0.5, 0.6) is 0 Å². The molecule has 134 valence electrons. The third kappa shape index (κ3) is 2.81. The number of rotatable bonds is 3. The molecule has 2 fully saturated rings. The van der Waals surface area contributed by atoms with Gasteiger partial charge in [0.25, 0.3) is 0 Å². The van der Waals surface area contributed by atoms with Crippen molar-refractivity contribution in [3.8, 4) is 0 Å². The average Bonchev–Trinajstić information content (AvgIpc) is 3.19. The third-order valence-corrected chi connectivity index (χ3v) is 4.79. The molecule has 0 spiro atoms. The molecule has 2 aromatic rings. The number of nitrogens with one attached hydrogen (secondary N) is 2. The second-order valence-corrected chi connectivity index (χ2v) is 6.39. The zero-order chi connectivity index (χ0) is 18.1. The van der Waals surface area contributed by atoms with Crippen molar-refractivity contribution in [3.63, 3.8) is 0 Å². The van der Waals surface area contributed by atoms with E-state index >= 15 is 0 Å². The van der Waals surface area contributed by atoms with Crippen LogP contribution < -0.4 is 15.5 Å². The second-order valence-electron chi connectivity index (χ2n) is 6.39. The summed E-state index contributed by atoms with van der Waals surface area (Å²) in [7, 11) is 0. The number of hydrogen-bond acceptors (Lipinski definition) is 6. The van der Waals surface area contributed by atoms with Gasteiger partial charge >= 0.3 is 6.03 Å². The molecule has 2 aliphatic rings. The number of fused-ring (bicyclic) bond motifs is 1. The van der Waals surface area contributed by atoms with Crippen molar-refractivity contribution >= 4 is 35.2 Å². The molecule has 1 saturated heterocycles. The summed E-state index contributed by atoms with van der Waals surface area (Å²) in [5, 5.41) is 12.4. The van der Waals surface area contributed by atoms with Crippen LogP contribution in [0.3, 0.4) is 0 Å². The average molecular weight is 355 g/mol. The zero-order valence-electron chi connectivity index (χ0n) is 13.8. The predicted molar refractivity (Wildman–Crippen MR) is 91.3 cm³/mol. The first-order valence-electron chi connectivity index (χ1n) is 8.48. The fourth-order valence-electron chi connectivity index (χ4n) is 3.57. The fourth-order valence-corrected chi connectivity index (χ4v) is 3.57. The lowest BCUT2D eigenvalue weighted by molar-refractivity contribution is -0.122. The van der Waals surface area contributed by atoms with Crippen LogP contribution in [-0.2, 0) is 9.59 Å². The number of carbonyl (C=O) groups excluding carboxylic acids is 3. The van der Waals surface area contributed by atoms with Crippen molar-refractivity contribution in [1.29, 1.82) is 0 Å². The number of nitrogens with zero attached hydrogens (tertiary/aromatic N) is 3. The van der Waals surface area contributed by atoms with E-state index in [1.165, 1.54) is 0 Å². The molecular formula is C17H17N5O4. The van der Waals surface area contributed by atoms with Crippen molar-refractivity contribution in [2.45, 2.75) is 25.7 Å². The number of imide groups is 1. The molecule has 0 bridgehead atoms. The van der Waals surface area contributed by atoms with Gasteiger partial charge < -0.3 is 5.32 Å². The molecule has 0 unspecified atom stereocenters. The summed E-state index contributed by atoms with van der Waals surface area (Å²) >= 11 is 0. The molecule has 2 atom stereocenters. The van der Waals surface area contributed by atoms with Crippen LogP contribution in [0.25, 0.3) is 0 Å². The zero-order valence-corrected chi connectivity index (χ0v) is 13.8. The Morgan fingerprint density at radius 3 is 2.31 bits per heavy atom. The van der Waals surface area contributed by atoms with Crippen LogP contribution in [0.2, 0.25) is 0 Å². The van der Waals surface area contributed by atoms with Gasteiger partial charge in [-0.25, -0.2) is 14.3 Å². The topological polar surface area (TPSA) is 117 Å². The highest BCUT2D eigenvalue weighted by atomic mass is 16.6. The van der Waals surface area contributed by atoms with Gasteiger partial charge in [0.05, 0.1) is 11.8 Å². The Morgan fingerprint density at radius 1 is 1.00 bits per heavy atom.